The van der Waals surface area contributed by atoms with Crippen molar-refractivity contribution >= 4 is 27.7 Å². The first kappa shape index (κ1) is 19.4. The average Bonchev–Trinajstić information content (AvgIpc) is 3.25. The number of nitrogens with one attached hydrogen (secondary N) is 1. The van der Waals surface area contributed by atoms with Crippen molar-refractivity contribution in [1.82, 2.24) is 19.4 Å². The Morgan fingerprint density at radius 3 is 2.62 bits per heavy atom. The molecule has 0 radical (unpaired) electrons. The number of carbonyl (C=O) groups excluding carboxylic acids is 1. The molecule has 0 saturated heterocycles. The molecular weight excluding hydrogens is 413 g/mol. The Kier molecular flexibility index (Phi) is 4.83. The van der Waals surface area contributed by atoms with Crippen LogP contribution in [0.2, 0.25) is 0 Å². The van der Waals surface area contributed by atoms with Crippen LogP contribution >= 0.6 is 0 Å². The highest BCUT2D eigenvalue weighted by Crippen LogP contribution is 2.20. The van der Waals surface area contributed by atoms with Crippen LogP contribution in [-0.4, -0.2) is 32.0 Å². The number of ether oxygens (including phenoxy) is 1. The fraction of sp³-hybridized carbons (Fsp3) is 0.0435. The van der Waals surface area contributed by atoms with Gasteiger partial charge in [0.25, 0.3) is 11.5 Å². The zero-order chi connectivity index (χ0) is 22.1. The van der Waals surface area contributed by atoms with Crippen LogP contribution in [0.3, 0.4) is 0 Å². The van der Waals surface area contributed by atoms with Crippen molar-refractivity contribution in [2.45, 2.75) is 0 Å². The van der Waals surface area contributed by atoms with E-state index in [1.165, 1.54) is 41.5 Å². The van der Waals surface area contributed by atoms with Gasteiger partial charge in [-0.15, -0.1) is 0 Å². The third kappa shape index (κ3) is 3.67. The number of nitrogens with zero attached hydrogens (tertiary/aromatic N) is 4. The first-order valence-electron chi connectivity index (χ1n) is 9.71. The van der Waals surface area contributed by atoms with Crippen molar-refractivity contribution in [3.05, 3.63) is 95.4 Å². The Balaban J connectivity index is 1.32. The summed E-state index contributed by atoms with van der Waals surface area (Å²) in [6, 6.07) is 19.0. The number of amides is 1. The summed E-state index contributed by atoms with van der Waals surface area (Å²) in [5, 5.41) is 6.42. The third-order valence-electron chi connectivity index (χ3n) is 4.90. The molecule has 2 aromatic heterocycles. The van der Waals surface area contributed by atoms with Crippen molar-refractivity contribution < 1.29 is 13.9 Å². The molecule has 5 rings (SSSR count). The molecule has 0 spiro atoms. The minimum absolute atomic E-state index is 0.201. The number of halogens is 1. The summed E-state index contributed by atoms with van der Waals surface area (Å²) in [6.07, 6.45) is 2.54. The quantitative estimate of drug-likeness (QED) is 0.464. The van der Waals surface area contributed by atoms with Crippen LogP contribution in [0.25, 0.3) is 27.5 Å². The molecule has 0 unspecified atom stereocenters. The summed E-state index contributed by atoms with van der Waals surface area (Å²) in [6.45, 7) is -0.280. The molecule has 8 nitrogen and oxygen atoms in total. The first-order chi connectivity index (χ1) is 15.6. The second-order valence-electron chi connectivity index (χ2n) is 7.02. The van der Waals surface area contributed by atoms with Gasteiger partial charge in [-0.05, 0) is 47.2 Å². The molecule has 0 saturated carbocycles. The van der Waals surface area contributed by atoms with Gasteiger partial charge in [-0.1, -0.05) is 30.3 Å². The zero-order valence-electron chi connectivity index (χ0n) is 16.6. The smallest absolute Gasteiger partial charge is 0.283 e. The van der Waals surface area contributed by atoms with Gasteiger partial charge in [0, 0.05) is 0 Å². The van der Waals surface area contributed by atoms with E-state index in [1.807, 2.05) is 36.4 Å². The van der Waals surface area contributed by atoms with Gasteiger partial charge in [0.15, 0.2) is 12.3 Å². The van der Waals surface area contributed by atoms with Crippen molar-refractivity contribution in [1.29, 1.82) is 0 Å². The molecular formula is C23H16FN5O3. The number of rotatable bonds is 5. The van der Waals surface area contributed by atoms with E-state index >= 15 is 0 Å². The zero-order valence-corrected chi connectivity index (χ0v) is 16.6. The van der Waals surface area contributed by atoms with Crippen LogP contribution in [0.1, 0.15) is 0 Å². The van der Waals surface area contributed by atoms with Gasteiger partial charge < -0.3 is 4.74 Å². The predicted molar refractivity (Wildman–Crippen MR) is 117 cm³/mol. The summed E-state index contributed by atoms with van der Waals surface area (Å²) in [4.78, 5) is 29.3. The van der Waals surface area contributed by atoms with Gasteiger partial charge in [-0.3, -0.25) is 15.0 Å². The Morgan fingerprint density at radius 1 is 1.03 bits per heavy atom. The summed E-state index contributed by atoms with van der Waals surface area (Å²) in [5.41, 5.74) is 2.81. The minimum atomic E-state index is -0.521. The molecule has 0 atom stereocenters. The molecule has 0 bridgehead atoms. The fourth-order valence-electron chi connectivity index (χ4n) is 3.34. The summed E-state index contributed by atoms with van der Waals surface area (Å²) >= 11 is 0. The highest BCUT2D eigenvalue weighted by Gasteiger charge is 2.13. The largest absolute Gasteiger partial charge is 0.484 e. The molecule has 9 heteroatoms. The van der Waals surface area contributed by atoms with Gasteiger partial charge >= 0.3 is 0 Å². The van der Waals surface area contributed by atoms with Gasteiger partial charge in [0.05, 0.1) is 11.9 Å². The number of benzene rings is 3. The van der Waals surface area contributed by atoms with Crippen LogP contribution in [0.5, 0.6) is 5.75 Å². The van der Waals surface area contributed by atoms with E-state index < -0.39 is 11.5 Å². The molecule has 1 amide bonds. The Hall–Kier alpha value is -4.53. The van der Waals surface area contributed by atoms with E-state index in [0.29, 0.717) is 17.1 Å². The lowest BCUT2D eigenvalue weighted by Gasteiger charge is -2.10. The highest BCUT2D eigenvalue weighted by molar-refractivity contribution is 5.86. The number of hydrogen-bond donors (Lipinski definition) is 1. The fourth-order valence-corrected chi connectivity index (χ4v) is 3.34. The third-order valence-corrected chi connectivity index (χ3v) is 4.90. The second-order valence-corrected chi connectivity index (χ2v) is 7.02. The molecule has 32 heavy (non-hydrogen) atoms. The van der Waals surface area contributed by atoms with Crippen LogP contribution in [0.4, 0.5) is 4.39 Å². The predicted octanol–water partition coefficient (Wildman–Crippen LogP) is 3.02. The van der Waals surface area contributed by atoms with E-state index in [0.717, 1.165) is 15.4 Å². The number of aromatic nitrogens is 4. The maximum atomic E-state index is 13.2. The lowest BCUT2D eigenvalue weighted by Crippen LogP contribution is -2.35. The van der Waals surface area contributed by atoms with Gasteiger partial charge in [0.1, 0.15) is 23.3 Å². The van der Waals surface area contributed by atoms with E-state index in [2.05, 4.69) is 15.5 Å². The summed E-state index contributed by atoms with van der Waals surface area (Å²) in [7, 11) is 0. The lowest BCUT2D eigenvalue weighted by molar-refractivity contribution is -0.119. The molecule has 5 aromatic rings. The van der Waals surface area contributed by atoms with Crippen LogP contribution in [-0.2, 0) is 4.79 Å². The molecule has 0 fully saturated rings. The summed E-state index contributed by atoms with van der Waals surface area (Å²) < 4.78 is 21.1. The SMILES string of the molecule is O=C(COc1ccc2ccccc2c1)Nn1cnc2c(cnn2-c2ccc(F)cc2)c1=O. The topological polar surface area (TPSA) is 91.0 Å². The molecule has 3 aromatic carbocycles. The van der Waals surface area contributed by atoms with Crippen molar-refractivity contribution in [3.63, 3.8) is 0 Å². The maximum absolute atomic E-state index is 13.2. The van der Waals surface area contributed by atoms with E-state index in [1.54, 1.807) is 6.07 Å². The van der Waals surface area contributed by atoms with Crippen LogP contribution in [0, 0.1) is 5.82 Å². The second kappa shape index (κ2) is 7.95. The molecule has 2 heterocycles. The molecule has 1 N–H and O–H groups in total. The standard InChI is InChI=1S/C23H16FN5O3/c24-17-6-8-18(9-7-17)29-22-20(12-26-29)23(31)28(14-25-22)27-21(30)13-32-19-10-5-15-3-1-2-4-16(15)11-19/h1-12,14H,13H2,(H,27,30). The monoisotopic (exact) mass is 429 g/mol. The molecule has 0 aliphatic heterocycles. The van der Waals surface area contributed by atoms with E-state index in [9.17, 15) is 14.0 Å². The Morgan fingerprint density at radius 2 is 1.81 bits per heavy atom. The Bertz CT molecular complexity index is 1510. The van der Waals surface area contributed by atoms with Crippen molar-refractivity contribution in [2.24, 2.45) is 0 Å². The lowest BCUT2D eigenvalue weighted by atomic mass is 10.1. The Labute approximate surface area is 180 Å². The minimum Gasteiger partial charge on any atom is -0.484 e. The van der Waals surface area contributed by atoms with Gasteiger partial charge in [0.2, 0.25) is 0 Å². The van der Waals surface area contributed by atoms with Crippen molar-refractivity contribution in [3.8, 4) is 11.4 Å². The maximum Gasteiger partial charge on any atom is 0.283 e. The first-order valence-corrected chi connectivity index (χ1v) is 9.71. The van der Waals surface area contributed by atoms with Crippen LogP contribution in [0.15, 0.2) is 84.0 Å². The molecule has 0 aliphatic rings. The molecule has 158 valence electrons. The van der Waals surface area contributed by atoms with E-state index in [4.69, 9.17) is 4.74 Å². The van der Waals surface area contributed by atoms with Crippen LogP contribution < -0.4 is 15.7 Å². The number of carbonyl (C=O) groups is 1. The summed E-state index contributed by atoms with van der Waals surface area (Å²) in [5.74, 6) is -0.359. The molecule has 0 aliphatic carbocycles. The number of fused-ring (bicyclic) bond motifs is 2. The highest BCUT2D eigenvalue weighted by atomic mass is 19.1. The van der Waals surface area contributed by atoms with E-state index in [-0.39, 0.29) is 17.8 Å². The average molecular weight is 429 g/mol. The number of hydrogen-bond acceptors (Lipinski definition) is 5. The van der Waals surface area contributed by atoms with Gasteiger partial charge in [-0.2, -0.15) is 5.10 Å². The van der Waals surface area contributed by atoms with Gasteiger partial charge in [-0.25, -0.2) is 18.7 Å². The normalized spacial score (nSPS) is 11.0. The van der Waals surface area contributed by atoms with Crippen molar-refractivity contribution in [2.75, 3.05) is 12.0 Å².